The summed E-state index contributed by atoms with van der Waals surface area (Å²) in [6, 6.07) is 29.5. The van der Waals surface area contributed by atoms with Gasteiger partial charge in [-0.15, -0.1) is 11.3 Å². The molecule has 4 rings (SSSR count). The largest absolute Gasteiger partial charge is 0.461 e. The maximum Gasteiger partial charge on any atom is 0.362 e. The van der Waals surface area contributed by atoms with Crippen LogP contribution in [0.1, 0.15) is 29.3 Å². The molecule has 1 aromatic heterocycles. The lowest BCUT2D eigenvalue weighted by atomic mass is 9.80. The van der Waals surface area contributed by atoms with Gasteiger partial charge in [-0.2, -0.15) is 0 Å². The first-order chi connectivity index (χ1) is 15.8. The van der Waals surface area contributed by atoms with Gasteiger partial charge in [-0.05, 0) is 6.92 Å². The van der Waals surface area contributed by atoms with E-state index in [0.29, 0.717) is 5.69 Å². The minimum absolute atomic E-state index is 0.0280. The summed E-state index contributed by atoms with van der Waals surface area (Å²) in [7, 11) is 0. The third kappa shape index (κ3) is 4.31. The van der Waals surface area contributed by atoms with Gasteiger partial charge in [-0.25, -0.2) is 9.78 Å². The molecule has 0 atom stereocenters. The van der Waals surface area contributed by atoms with Crippen molar-refractivity contribution < 1.29 is 14.4 Å². The highest BCUT2D eigenvalue weighted by atomic mass is 32.1. The van der Waals surface area contributed by atoms with E-state index < -0.39 is 11.6 Å². The molecule has 3 aromatic carbocycles. The fourth-order valence-electron chi connectivity index (χ4n) is 3.51. The van der Waals surface area contributed by atoms with Crippen molar-refractivity contribution in [3.05, 3.63) is 124 Å². The first-order valence-electron chi connectivity index (χ1n) is 10.2. The predicted octanol–water partition coefficient (Wildman–Crippen LogP) is 5.42. The van der Waals surface area contributed by atoms with Gasteiger partial charge in [0.05, 0.1) is 12.1 Å². The quantitative estimate of drug-likeness (QED) is 0.158. The number of rotatable bonds is 8. The van der Waals surface area contributed by atoms with Crippen LogP contribution in [0.25, 0.3) is 0 Å². The molecule has 0 amide bonds. The molecule has 0 aliphatic rings. The van der Waals surface area contributed by atoms with Gasteiger partial charge in [-0.1, -0.05) is 96.2 Å². The van der Waals surface area contributed by atoms with Crippen LogP contribution >= 0.6 is 11.3 Å². The number of benzene rings is 3. The topological polar surface area (TPSA) is 60.8 Å². The van der Waals surface area contributed by atoms with Crippen molar-refractivity contribution >= 4 is 23.0 Å². The van der Waals surface area contributed by atoms with Crippen LogP contribution in [-0.4, -0.2) is 23.3 Å². The molecule has 0 aliphatic carbocycles. The SMILES string of the molecule is CCOC(=O)/C(=N\OC(c1ccccc1)(c1ccccc1)c1ccccc1)c1cscn1. The van der Waals surface area contributed by atoms with Crippen LogP contribution in [-0.2, 0) is 20.0 Å². The van der Waals surface area contributed by atoms with Gasteiger partial charge in [0.2, 0.25) is 11.3 Å². The van der Waals surface area contributed by atoms with Gasteiger partial charge in [-0.3, -0.25) is 0 Å². The molecular formula is C26H22N2O3S. The minimum Gasteiger partial charge on any atom is -0.461 e. The first kappa shape index (κ1) is 21.5. The summed E-state index contributed by atoms with van der Waals surface area (Å²) < 4.78 is 5.23. The summed E-state index contributed by atoms with van der Waals surface area (Å²) in [4.78, 5) is 23.3. The summed E-state index contributed by atoms with van der Waals surface area (Å²) in [6.45, 7) is 1.98. The number of hydrogen-bond donors (Lipinski definition) is 0. The molecule has 0 bridgehead atoms. The number of oxime groups is 1. The molecule has 160 valence electrons. The normalized spacial score (nSPS) is 11.7. The van der Waals surface area contributed by atoms with Gasteiger partial charge in [0.25, 0.3) is 0 Å². The van der Waals surface area contributed by atoms with Crippen molar-refractivity contribution in [3.8, 4) is 0 Å². The highest BCUT2D eigenvalue weighted by Crippen LogP contribution is 2.40. The minimum atomic E-state index is -1.09. The molecule has 0 unspecified atom stereocenters. The van der Waals surface area contributed by atoms with E-state index >= 15 is 0 Å². The Balaban J connectivity index is 1.93. The number of aromatic nitrogens is 1. The molecule has 32 heavy (non-hydrogen) atoms. The Morgan fingerprint density at radius 3 is 1.78 bits per heavy atom. The lowest BCUT2D eigenvalue weighted by molar-refractivity contribution is -0.135. The standard InChI is InChI=1S/C26H22N2O3S/c1-2-30-25(29)24(23-18-32-19-27-23)28-31-26(20-12-6-3-7-13-20,21-14-8-4-9-15-21)22-16-10-5-11-17-22/h3-19H,2H2,1H3/b28-24-. The smallest absolute Gasteiger partial charge is 0.362 e. The van der Waals surface area contributed by atoms with E-state index in [1.807, 2.05) is 91.0 Å². The average molecular weight is 443 g/mol. The van der Waals surface area contributed by atoms with Crippen LogP contribution in [0, 0.1) is 0 Å². The lowest BCUT2D eigenvalue weighted by Gasteiger charge is -2.33. The molecule has 0 aliphatic heterocycles. The maximum absolute atomic E-state index is 12.7. The van der Waals surface area contributed by atoms with Crippen molar-refractivity contribution in [2.75, 3.05) is 6.61 Å². The third-order valence-corrected chi connectivity index (χ3v) is 5.54. The Kier molecular flexibility index (Phi) is 6.72. The molecule has 1 heterocycles. The average Bonchev–Trinajstić information content (AvgIpc) is 3.38. The van der Waals surface area contributed by atoms with Gasteiger partial charge in [0.1, 0.15) is 5.69 Å². The Labute approximate surface area is 191 Å². The maximum atomic E-state index is 12.7. The number of esters is 1. The molecular weight excluding hydrogens is 420 g/mol. The second-order valence-electron chi connectivity index (χ2n) is 6.90. The predicted molar refractivity (Wildman–Crippen MR) is 126 cm³/mol. The van der Waals surface area contributed by atoms with E-state index in [-0.39, 0.29) is 12.3 Å². The molecule has 5 nitrogen and oxygen atoms in total. The Bertz CT molecular complexity index is 1070. The monoisotopic (exact) mass is 442 g/mol. The van der Waals surface area contributed by atoms with Crippen LogP contribution in [0.2, 0.25) is 0 Å². The second kappa shape index (κ2) is 10.0. The van der Waals surface area contributed by atoms with Gasteiger partial charge < -0.3 is 9.57 Å². The van der Waals surface area contributed by atoms with Crippen LogP contribution in [0.5, 0.6) is 0 Å². The van der Waals surface area contributed by atoms with E-state index in [4.69, 9.17) is 9.57 Å². The molecule has 0 radical (unpaired) electrons. The van der Waals surface area contributed by atoms with Crippen molar-refractivity contribution in [2.24, 2.45) is 5.16 Å². The molecule has 0 N–H and O–H groups in total. The summed E-state index contributed by atoms with van der Waals surface area (Å²) in [6.07, 6.45) is 0. The van der Waals surface area contributed by atoms with Crippen molar-refractivity contribution in [3.63, 3.8) is 0 Å². The molecule has 6 heteroatoms. The highest BCUT2D eigenvalue weighted by Gasteiger charge is 2.40. The van der Waals surface area contributed by atoms with Crippen LogP contribution in [0.3, 0.4) is 0 Å². The van der Waals surface area contributed by atoms with Gasteiger partial charge in [0.15, 0.2) is 0 Å². The van der Waals surface area contributed by atoms with Crippen LogP contribution in [0.15, 0.2) is 107 Å². The van der Waals surface area contributed by atoms with E-state index in [1.165, 1.54) is 11.3 Å². The van der Waals surface area contributed by atoms with Crippen molar-refractivity contribution in [1.29, 1.82) is 0 Å². The number of carbonyl (C=O) groups is 1. The molecule has 0 saturated carbocycles. The summed E-state index contributed by atoms with van der Waals surface area (Å²) >= 11 is 1.37. The number of nitrogens with zero attached hydrogens (tertiary/aromatic N) is 2. The van der Waals surface area contributed by atoms with Crippen molar-refractivity contribution in [1.82, 2.24) is 4.98 Å². The van der Waals surface area contributed by atoms with E-state index in [1.54, 1.807) is 17.8 Å². The van der Waals surface area contributed by atoms with Gasteiger partial charge >= 0.3 is 5.97 Å². The van der Waals surface area contributed by atoms with Crippen LogP contribution in [0.4, 0.5) is 0 Å². The number of carbonyl (C=O) groups excluding carboxylic acids is 1. The molecule has 0 fully saturated rings. The van der Waals surface area contributed by atoms with Crippen LogP contribution < -0.4 is 0 Å². The Morgan fingerprint density at radius 1 is 0.875 bits per heavy atom. The van der Waals surface area contributed by atoms with E-state index in [2.05, 4.69) is 10.1 Å². The Hall–Kier alpha value is -3.77. The lowest BCUT2D eigenvalue weighted by Crippen LogP contribution is -2.32. The van der Waals surface area contributed by atoms with Crippen molar-refractivity contribution in [2.45, 2.75) is 12.5 Å². The van der Waals surface area contributed by atoms with E-state index in [9.17, 15) is 4.79 Å². The molecule has 4 aromatic rings. The zero-order valence-electron chi connectivity index (χ0n) is 17.5. The summed E-state index contributed by atoms with van der Waals surface area (Å²) in [5.41, 5.74) is 3.63. The summed E-state index contributed by atoms with van der Waals surface area (Å²) in [5, 5.41) is 6.12. The third-order valence-electron chi connectivity index (χ3n) is 4.96. The fourth-order valence-corrected chi connectivity index (χ4v) is 4.05. The molecule has 0 saturated heterocycles. The number of ether oxygens (including phenoxy) is 1. The highest BCUT2D eigenvalue weighted by molar-refractivity contribution is 7.07. The second-order valence-corrected chi connectivity index (χ2v) is 7.62. The molecule has 0 spiro atoms. The Morgan fingerprint density at radius 2 is 1.38 bits per heavy atom. The van der Waals surface area contributed by atoms with E-state index in [0.717, 1.165) is 16.7 Å². The zero-order chi connectivity index (χ0) is 22.2. The van der Waals surface area contributed by atoms with Gasteiger partial charge in [0, 0.05) is 22.1 Å². The summed E-state index contributed by atoms with van der Waals surface area (Å²) in [5.74, 6) is -0.582. The number of thiazole rings is 1. The first-order valence-corrected chi connectivity index (χ1v) is 11.2. The number of hydrogen-bond acceptors (Lipinski definition) is 6. The zero-order valence-corrected chi connectivity index (χ0v) is 18.4. The fraction of sp³-hybridized carbons (Fsp3) is 0.115.